The van der Waals surface area contributed by atoms with Crippen molar-refractivity contribution in [2.24, 2.45) is 11.8 Å². The maximum atomic E-state index is 12.7. The zero-order chi connectivity index (χ0) is 36.6. The van der Waals surface area contributed by atoms with Crippen LogP contribution in [0.15, 0.2) is 48.6 Å². The fraction of sp³-hybridized carbons (Fsp3) is 0.556. The number of fused-ring (bicyclic) bond motifs is 1. The molecule has 2 aromatic rings. The molecule has 1 aliphatic carbocycles. The van der Waals surface area contributed by atoms with E-state index in [0.29, 0.717) is 49.1 Å². The standard InChI is InChI=1S/C36H47ClF3N3O6S/c1-5-8-24-17-28(37)12-14-29(24)27-20-43(19-26-10-13-30(26)32(48-4)9-6-7-16-42(3)23(2)44)31-18-25(11-15-33(31)49-21-27)34(45)35(46)41-50(47)22-36(38,39)40/h6,9,11-12,14-15,17-18,26-27,30,32,34,45H,5,7-8,10,13,16,19-22H2,1-4H3,(H,41,46)/b9-6+. The zero-order valence-corrected chi connectivity index (χ0v) is 30.5. The van der Waals surface area contributed by atoms with E-state index in [1.54, 1.807) is 35.9 Å². The van der Waals surface area contributed by atoms with E-state index in [1.807, 2.05) is 24.3 Å². The van der Waals surface area contributed by atoms with Crippen LogP contribution in [0.2, 0.25) is 5.02 Å². The van der Waals surface area contributed by atoms with Gasteiger partial charge in [0.25, 0.3) is 5.91 Å². The maximum absolute atomic E-state index is 12.7. The fourth-order valence-electron chi connectivity index (χ4n) is 6.59. The quantitative estimate of drug-likeness (QED) is 0.212. The van der Waals surface area contributed by atoms with Gasteiger partial charge in [-0.05, 0) is 78.5 Å². The lowest BCUT2D eigenvalue weighted by atomic mass is 9.70. The average molecular weight is 742 g/mol. The number of nitrogens with zero attached hydrogens (tertiary/aromatic N) is 2. The van der Waals surface area contributed by atoms with Crippen LogP contribution < -0.4 is 14.4 Å². The summed E-state index contributed by atoms with van der Waals surface area (Å²) in [6.45, 7) is 5.80. The van der Waals surface area contributed by atoms with Gasteiger partial charge in [-0.1, -0.05) is 49.2 Å². The number of ether oxygens (including phenoxy) is 2. The second kappa shape index (κ2) is 17.9. The van der Waals surface area contributed by atoms with Crippen LogP contribution >= 0.6 is 11.6 Å². The van der Waals surface area contributed by atoms with Gasteiger partial charge in [0.05, 0.1) is 18.4 Å². The summed E-state index contributed by atoms with van der Waals surface area (Å²) in [6, 6.07) is 10.7. The smallest absolute Gasteiger partial charge is 0.402 e. The van der Waals surface area contributed by atoms with E-state index < -0.39 is 34.9 Å². The van der Waals surface area contributed by atoms with E-state index in [0.717, 1.165) is 36.8 Å². The van der Waals surface area contributed by atoms with Crippen LogP contribution in [0, 0.1) is 11.8 Å². The minimum Gasteiger partial charge on any atom is -0.491 e. The molecule has 0 radical (unpaired) electrons. The molecule has 9 nitrogen and oxygen atoms in total. The van der Waals surface area contributed by atoms with E-state index in [2.05, 4.69) is 17.9 Å². The highest BCUT2D eigenvalue weighted by Gasteiger charge is 2.39. The molecular formula is C36H47ClF3N3O6S. The number of rotatable bonds is 15. The lowest BCUT2D eigenvalue weighted by molar-refractivity contribution is -0.128. The molecule has 2 N–H and O–H groups in total. The van der Waals surface area contributed by atoms with Gasteiger partial charge in [-0.25, -0.2) is 4.21 Å². The number of aliphatic hydroxyl groups excluding tert-OH is 1. The van der Waals surface area contributed by atoms with Gasteiger partial charge >= 0.3 is 6.18 Å². The Balaban J connectivity index is 1.61. The number of hydrogen-bond donors (Lipinski definition) is 2. The fourth-order valence-corrected chi connectivity index (χ4v) is 7.49. The number of aryl methyl sites for hydroxylation is 1. The van der Waals surface area contributed by atoms with Crippen molar-refractivity contribution in [2.75, 3.05) is 51.1 Å². The number of anilines is 1. The Hall–Kier alpha value is -3.13. The molecule has 0 bridgehead atoms. The normalized spacial score (nSPS) is 21.0. The number of aliphatic hydroxyl groups is 1. The number of carbonyl (C=O) groups is 2. The van der Waals surface area contributed by atoms with Crippen molar-refractivity contribution < 1.29 is 41.5 Å². The van der Waals surface area contributed by atoms with E-state index in [1.165, 1.54) is 13.0 Å². The number of halogens is 4. The minimum atomic E-state index is -4.74. The first-order valence-electron chi connectivity index (χ1n) is 16.9. The predicted molar refractivity (Wildman–Crippen MR) is 189 cm³/mol. The van der Waals surface area contributed by atoms with Crippen molar-refractivity contribution in [1.82, 2.24) is 9.62 Å². The van der Waals surface area contributed by atoms with Crippen molar-refractivity contribution >= 4 is 40.1 Å². The number of benzene rings is 2. The van der Waals surface area contributed by atoms with Gasteiger partial charge in [-0.15, -0.1) is 0 Å². The molecule has 276 valence electrons. The third-order valence-electron chi connectivity index (χ3n) is 9.46. The largest absolute Gasteiger partial charge is 0.491 e. The summed E-state index contributed by atoms with van der Waals surface area (Å²) in [5.41, 5.74) is 3.04. The van der Waals surface area contributed by atoms with Gasteiger partial charge in [0, 0.05) is 51.7 Å². The highest BCUT2D eigenvalue weighted by atomic mass is 35.5. The van der Waals surface area contributed by atoms with Gasteiger partial charge in [-0.3, -0.25) is 14.3 Å². The molecule has 2 aliphatic rings. The van der Waals surface area contributed by atoms with Crippen molar-refractivity contribution in [3.8, 4) is 5.75 Å². The number of amides is 2. The molecule has 6 unspecified atom stereocenters. The van der Waals surface area contributed by atoms with Crippen molar-refractivity contribution in [2.45, 2.75) is 70.3 Å². The molecule has 0 saturated heterocycles. The third-order valence-corrected chi connectivity index (χ3v) is 10.7. The third kappa shape index (κ3) is 10.7. The molecule has 0 spiro atoms. The molecule has 1 heterocycles. The molecule has 2 aromatic carbocycles. The molecule has 0 aromatic heterocycles. The summed E-state index contributed by atoms with van der Waals surface area (Å²) in [5, 5.41) is 11.5. The summed E-state index contributed by atoms with van der Waals surface area (Å²) in [6.07, 6.45) is 1.79. The van der Waals surface area contributed by atoms with Crippen LogP contribution in [0.1, 0.15) is 68.2 Å². The van der Waals surface area contributed by atoms with Gasteiger partial charge in [0.15, 0.2) is 6.10 Å². The van der Waals surface area contributed by atoms with Crippen LogP contribution in [0.4, 0.5) is 18.9 Å². The van der Waals surface area contributed by atoms with E-state index in [-0.39, 0.29) is 35.3 Å². The topological polar surface area (TPSA) is 108 Å². The van der Waals surface area contributed by atoms with Crippen LogP contribution in [0.5, 0.6) is 5.75 Å². The molecular weight excluding hydrogens is 695 g/mol. The average Bonchev–Trinajstić information content (AvgIpc) is 3.22. The van der Waals surface area contributed by atoms with Gasteiger partial charge in [-0.2, -0.15) is 13.2 Å². The Morgan fingerprint density at radius 2 is 2.00 bits per heavy atom. The molecule has 14 heteroatoms. The van der Waals surface area contributed by atoms with E-state index in [4.69, 9.17) is 21.1 Å². The van der Waals surface area contributed by atoms with Crippen molar-refractivity contribution in [3.05, 3.63) is 70.3 Å². The Morgan fingerprint density at radius 1 is 1.24 bits per heavy atom. The van der Waals surface area contributed by atoms with Crippen LogP contribution in [0.25, 0.3) is 0 Å². The first-order chi connectivity index (χ1) is 23.7. The number of hydrogen-bond acceptors (Lipinski definition) is 7. The predicted octanol–water partition coefficient (Wildman–Crippen LogP) is 6.12. The lowest BCUT2D eigenvalue weighted by Crippen LogP contribution is -2.44. The maximum Gasteiger partial charge on any atom is 0.402 e. The van der Waals surface area contributed by atoms with Crippen LogP contribution in [-0.2, 0) is 31.7 Å². The van der Waals surface area contributed by atoms with Gasteiger partial charge in [0.2, 0.25) is 5.91 Å². The van der Waals surface area contributed by atoms with Crippen molar-refractivity contribution in [1.29, 1.82) is 0 Å². The Labute approximate surface area is 299 Å². The summed E-state index contributed by atoms with van der Waals surface area (Å²) in [5.74, 6) is -1.95. The summed E-state index contributed by atoms with van der Waals surface area (Å²) >= 11 is 6.38. The summed E-state index contributed by atoms with van der Waals surface area (Å²) in [4.78, 5) is 28.1. The Bertz CT molecular complexity index is 1540. The number of alkyl halides is 3. The first-order valence-corrected chi connectivity index (χ1v) is 18.5. The molecule has 1 aliphatic heterocycles. The molecule has 4 rings (SSSR count). The Morgan fingerprint density at radius 3 is 2.64 bits per heavy atom. The second-order valence-corrected chi connectivity index (χ2v) is 14.7. The summed E-state index contributed by atoms with van der Waals surface area (Å²) < 4.78 is 64.0. The van der Waals surface area contributed by atoms with E-state index >= 15 is 0 Å². The lowest BCUT2D eigenvalue weighted by Gasteiger charge is -2.43. The molecule has 1 fully saturated rings. The summed E-state index contributed by atoms with van der Waals surface area (Å²) in [7, 11) is 0.714. The number of methoxy groups -OCH3 is 1. The van der Waals surface area contributed by atoms with Gasteiger partial charge in [0.1, 0.15) is 22.5 Å². The van der Waals surface area contributed by atoms with E-state index in [9.17, 15) is 32.1 Å². The Kier molecular flexibility index (Phi) is 14.2. The molecule has 50 heavy (non-hydrogen) atoms. The first kappa shape index (κ1) is 39.7. The SMILES string of the molecule is CCCc1cc(Cl)ccc1C1COc2ccc(C(O)C(=O)NS(=O)CC(F)(F)F)cc2N(CC2CCC2C(/C=C/CCN(C)C(C)=O)OC)C1. The number of carbonyl (C=O) groups excluding carboxylic acids is 2. The van der Waals surface area contributed by atoms with Crippen LogP contribution in [0.3, 0.4) is 0 Å². The molecule has 2 amide bonds. The number of nitrogens with one attached hydrogen (secondary N) is 1. The minimum absolute atomic E-state index is 0.00825. The molecule has 6 atom stereocenters. The second-order valence-electron chi connectivity index (χ2n) is 13.1. The highest BCUT2D eigenvalue weighted by molar-refractivity contribution is 7.83. The zero-order valence-electron chi connectivity index (χ0n) is 28.9. The van der Waals surface area contributed by atoms with Crippen molar-refractivity contribution in [3.63, 3.8) is 0 Å². The van der Waals surface area contributed by atoms with Gasteiger partial charge < -0.3 is 24.4 Å². The van der Waals surface area contributed by atoms with Crippen LogP contribution in [-0.4, -0.2) is 84.5 Å². The monoisotopic (exact) mass is 741 g/mol. The highest BCUT2D eigenvalue weighted by Crippen LogP contribution is 2.43. The molecule has 1 saturated carbocycles.